The molecular weight excluding hydrogens is 628 g/mol. The molecule has 14 heteroatoms. The number of nitrogens with zero attached hydrogens (tertiary/aromatic N) is 1. The van der Waals surface area contributed by atoms with Crippen LogP contribution in [0, 0.1) is 17.3 Å². The highest BCUT2D eigenvalue weighted by molar-refractivity contribution is 6.05. The Bertz CT molecular complexity index is 1620. The number of aliphatic hydroxyl groups excluding tert-OH is 1. The largest absolute Gasteiger partial charge is 0.496 e. The van der Waals surface area contributed by atoms with Crippen LogP contribution < -0.4 is 10.1 Å². The van der Waals surface area contributed by atoms with Gasteiger partial charge in [-0.15, -0.1) is 0 Å². The van der Waals surface area contributed by atoms with Crippen molar-refractivity contribution in [1.82, 2.24) is 10.2 Å². The minimum atomic E-state index is -2.14. The molecule has 1 aromatic carbocycles. The van der Waals surface area contributed by atoms with Crippen molar-refractivity contribution in [3.8, 4) is 5.75 Å². The van der Waals surface area contributed by atoms with Crippen molar-refractivity contribution in [3.63, 3.8) is 0 Å². The first kappa shape index (κ1) is 34.2. The van der Waals surface area contributed by atoms with Crippen LogP contribution in [0.2, 0.25) is 0 Å². The Kier molecular flexibility index (Phi) is 8.58. The zero-order valence-corrected chi connectivity index (χ0v) is 28.3. The van der Waals surface area contributed by atoms with Crippen LogP contribution in [0.1, 0.15) is 51.7 Å². The van der Waals surface area contributed by atoms with Gasteiger partial charge in [0.2, 0.25) is 17.5 Å². The number of rotatable bonds is 5. The third-order valence-electron chi connectivity index (χ3n) is 10.3. The average Bonchev–Trinajstić information content (AvgIpc) is 3.69. The molecule has 48 heavy (non-hydrogen) atoms. The maximum absolute atomic E-state index is 14.2. The van der Waals surface area contributed by atoms with Crippen LogP contribution in [0.25, 0.3) is 0 Å². The maximum Gasteiger partial charge on any atom is 0.307 e. The number of hydrogen-bond acceptors (Lipinski definition) is 13. The standard InChI is InChI=1S/C34H42N2O12/c1-16-20-10-9-11-21(42-8)23(20)33(43-12-13-44-33)24-22(16)28(40)25-27(36(6)7)29(47-18(3)38)26(31(41)35-17(2)37)34(45-14-15-46-34)32(25,5)30(24)48-19(4)39/h9-11,16,22,25,27-28,40H,12-15H2,1-8H3,(H,35,37,41)/t16-,22+,25+,27-,28-,32+/m0/s1. The Balaban J connectivity index is 1.80. The molecule has 1 aromatic rings. The average molecular weight is 671 g/mol. The first-order chi connectivity index (χ1) is 22.7. The van der Waals surface area contributed by atoms with E-state index >= 15 is 0 Å². The number of carbonyl (C=O) groups is 4. The van der Waals surface area contributed by atoms with Gasteiger partial charge in [0.05, 0.1) is 56.7 Å². The fourth-order valence-corrected chi connectivity index (χ4v) is 8.79. The van der Waals surface area contributed by atoms with Crippen molar-refractivity contribution in [2.45, 2.75) is 64.3 Å². The van der Waals surface area contributed by atoms with E-state index in [1.807, 2.05) is 19.1 Å². The third-order valence-corrected chi connectivity index (χ3v) is 10.3. The molecule has 6 atom stereocenters. The Labute approximate surface area is 278 Å². The number of likely N-dealkylation sites (N-methyl/N-ethyl adjacent to an activating group) is 1. The minimum Gasteiger partial charge on any atom is -0.496 e. The van der Waals surface area contributed by atoms with Crippen molar-refractivity contribution in [3.05, 3.63) is 52.0 Å². The lowest BCUT2D eigenvalue weighted by Gasteiger charge is -2.62. The number of nitrogens with one attached hydrogen (secondary N) is 1. The summed E-state index contributed by atoms with van der Waals surface area (Å²) in [6, 6.07) is 4.53. The number of fused-ring (bicyclic) bond motifs is 6. The fraction of sp³-hybridized carbons (Fsp3) is 0.588. The molecule has 0 radical (unpaired) electrons. The highest BCUT2D eigenvalue weighted by atomic mass is 16.7. The van der Waals surface area contributed by atoms with E-state index in [0.717, 1.165) is 12.5 Å². The van der Waals surface area contributed by atoms with Crippen molar-refractivity contribution in [1.29, 1.82) is 0 Å². The topological polar surface area (TPSA) is 168 Å². The summed E-state index contributed by atoms with van der Waals surface area (Å²) in [5, 5.41) is 15.2. The smallest absolute Gasteiger partial charge is 0.307 e. The molecule has 2 amide bonds. The molecule has 0 aromatic heterocycles. The van der Waals surface area contributed by atoms with Gasteiger partial charge in [-0.1, -0.05) is 19.1 Å². The second-order valence-electron chi connectivity index (χ2n) is 13.2. The second-order valence-corrected chi connectivity index (χ2v) is 13.2. The van der Waals surface area contributed by atoms with Gasteiger partial charge in [-0.05, 0) is 38.6 Å². The lowest BCUT2D eigenvalue weighted by molar-refractivity contribution is -0.263. The fourth-order valence-electron chi connectivity index (χ4n) is 8.79. The first-order valence-corrected chi connectivity index (χ1v) is 15.9. The number of benzene rings is 1. The van der Waals surface area contributed by atoms with Crippen LogP contribution in [0.5, 0.6) is 5.75 Å². The van der Waals surface area contributed by atoms with Gasteiger partial charge in [0.25, 0.3) is 5.91 Å². The molecule has 2 heterocycles. The van der Waals surface area contributed by atoms with E-state index < -0.39 is 70.6 Å². The summed E-state index contributed by atoms with van der Waals surface area (Å²) >= 11 is 0. The predicted molar refractivity (Wildman–Crippen MR) is 165 cm³/mol. The van der Waals surface area contributed by atoms with E-state index in [9.17, 15) is 24.3 Å². The molecule has 5 aliphatic rings. The number of methoxy groups -OCH3 is 1. The number of esters is 2. The Morgan fingerprint density at radius 3 is 2.10 bits per heavy atom. The van der Waals surface area contributed by atoms with Crippen molar-refractivity contribution >= 4 is 23.8 Å². The molecule has 0 unspecified atom stereocenters. The van der Waals surface area contributed by atoms with Gasteiger partial charge in [-0.25, -0.2) is 0 Å². The molecule has 2 saturated heterocycles. The van der Waals surface area contributed by atoms with Crippen LogP contribution >= 0.6 is 0 Å². The lowest BCUT2D eigenvalue weighted by Crippen LogP contribution is -2.71. The van der Waals surface area contributed by atoms with E-state index in [2.05, 4.69) is 5.32 Å². The summed E-state index contributed by atoms with van der Waals surface area (Å²) in [7, 11) is 4.94. The van der Waals surface area contributed by atoms with E-state index in [-0.39, 0.29) is 43.5 Å². The van der Waals surface area contributed by atoms with E-state index in [1.165, 1.54) is 21.0 Å². The molecule has 0 saturated carbocycles. The number of aliphatic hydroxyl groups is 1. The van der Waals surface area contributed by atoms with Crippen LogP contribution in [0.15, 0.2) is 40.9 Å². The Morgan fingerprint density at radius 2 is 1.56 bits per heavy atom. The van der Waals surface area contributed by atoms with Gasteiger partial charge in [0.1, 0.15) is 22.8 Å². The summed E-state index contributed by atoms with van der Waals surface area (Å²) in [5.74, 6) is -8.77. The molecule has 2 N–H and O–H groups in total. The molecule has 6 rings (SSSR count). The highest BCUT2D eigenvalue weighted by Crippen LogP contribution is 2.69. The predicted octanol–water partition coefficient (Wildman–Crippen LogP) is 1.61. The van der Waals surface area contributed by atoms with Crippen molar-refractivity contribution < 1.29 is 57.4 Å². The minimum absolute atomic E-state index is 0.0179. The quantitative estimate of drug-likeness (QED) is 0.434. The van der Waals surface area contributed by atoms with Gasteiger partial charge in [0.15, 0.2) is 0 Å². The maximum atomic E-state index is 14.2. The van der Waals surface area contributed by atoms with Crippen LogP contribution in [-0.2, 0) is 53.4 Å². The molecule has 2 fully saturated rings. The monoisotopic (exact) mass is 670 g/mol. The number of carbonyl (C=O) groups excluding carboxylic acids is 4. The number of ether oxygens (including phenoxy) is 7. The molecule has 0 bridgehead atoms. The summed E-state index contributed by atoms with van der Waals surface area (Å²) in [6.45, 7) is 7.53. The van der Waals surface area contributed by atoms with Gasteiger partial charge < -0.3 is 38.3 Å². The van der Waals surface area contributed by atoms with Crippen molar-refractivity contribution in [2.75, 3.05) is 47.6 Å². The summed E-state index contributed by atoms with van der Waals surface area (Å²) in [4.78, 5) is 54.1. The SMILES string of the molecule is COc1cccc2c1C1(OCCO1)C1=C(OC(C)=O)[C@@]3(C)[C@@H]([C@@H](O)[C@@H]1[C@H]2C)[C@H](N(C)C)C(OC(C)=O)=C(C(=O)NC(C)=O)C31OCCO1. The summed E-state index contributed by atoms with van der Waals surface area (Å²) in [6.07, 6.45) is -1.29. The van der Waals surface area contributed by atoms with Crippen LogP contribution in [0.3, 0.4) is 0 Å². The second kappa shape index (κ2) is 12.0. The zero-order chi connectivity index (χ0) is 34.9. The van der Waals surface area contributed by atoms with Gasteiger partial charge >= 0.3 is 11.9 Å². The van der Waals surface area contributed by atoms with Gasteiger partial charge in [0, 0.05) is 38.2 Å². The van der Waals surface area contributed by atoms with Crippen LogP contribution in [-0.4, -0.2) is 99.3 Å². The van der Waals surface area contributed by atoms with E-state index in [1.54, 1.807) is 32.0 Å². The molecule has 2 aliphatic heterocycles. The van der Waals surface area contributed by atoms with E-state index in [4.69, 9.17) is 33.2 Å². The highest BCUT2D eigenvalue weighted by Gasteiger charge is 2.76. The Hall–Kier alpha value is -3.66. The van der Waals surface area contributed by atoms with Crippen molar-refractivity contribution in [2.24, 2.45) is 17.3 Å². The summed E-state index contributed by atoms with van der Waals surface area (Å²) in [5.41, 5.74) is -0.334. The van der Waals surface area contributed by atoms with E-state index in [0.29, 0.717) is 16.9 Å². The van der Waals surface area contributed by atoms with Crippen LogP contribution in [0.4, 0.5) is 0 Å². The molecule has 260 valence electrons. The Morgan fingerprint density at radius 1 is 0.958 bits per heavy atom. The normalized spacial score (nSPS) is 31.3. The molecular formula is C34H42N2O12. The number of amides is 2. The summed E-state index contributed by atoms with van der Waals surface area (Å²) < 4.78 is 43.8. The number of imide groups is 1. The van der Waals surface area contributed by atoms with Gasteiger partial charge in [-0.2, -0.15) is 0 Å². The molecule has 14 nitrogen and oxygen atoms in total. The molecule has 3 aliphatic carbocycles. The third kappa shape index (κ3) is 4.61. The lowest BCUT2D eigenvalue weighted by atomic mass is 9.49. The first-order valence-electron chi connectivity index (χ1n) is 15.9. The molecule has 2 spiro atoms. The zero-order valence-electron chi connectivity index (χ0n) is 28.3. The number of hydrogen-bond donors (Lipinski definition) is 2. The van der Waals surface area contributed by atoms with Gasteiger partial charge in [-0.3, -0.25) is 29.4 Å².